The fourth-order valence-corrected chi connectivity index (χ4v) is 3.54. The molecule has 0 amide bonds. The summed E-state index contributed by atoms with van der Waals surface area (Å²) < 4.78 is 5.74. The first-order valence-corrected chi connectivity index (χ1v) is 9.21. The number of ether oxygens (including phenoxy) is 1. The molecule has 0 radical (unpaired) electrons. The van der Waals surface area contributed by atoms with Gasteiger partial charge in [-0.25, -0.2) is 0 Å². The fourth-order valence-electron chi connectivity index (χ4n) is 3.54. The van der Waals surface area contributed by atoms with E-state index in [-0.39, 0.29) is 24.0 Å². The van der Waals surface area contributed by atoms with Crippen molar-refractivity contribution < 1.29 is 4.74 Å². The van der Waals surface area contributed by atoms with Crippen LogP contribution in [0.25, 0.3) is 0 Å². The zero-order valence-electron chi connectivity index (χ0n) is 15.1. The maximum atomic E-state index is 5.74. The second-order valence-corrected chi connectivity index (χ2v) is 6.61. The van der Waals surface area contributed by atoms with E-state index in [2.05, 4.69) is 39.9 Å². The summed E-state index contributed by atoms with van der Waals surface area (Å²) in [5.41, 5.74) is 2.90. The Kier molecular flexibility index (Phi) is 8.58. The number of fused-ring (bicyclic) bond motifs is 1. The van der Waals surface area contributed by atoms with Crippen LogP contribution < -0.4 is 15.4 Å². The monoisotopic (exact) mass is 455 g/mol. The zero-order valence-corrected chi connectivity index (χ0v) is 17.4. The van der Waals surface area contributed by atoms with Crippen LogP contribution in [0.5, 0.6) is 5.75 Å². The van der Waals surface area contributed by atoms with E-state index >= 15 is 0 Å². The number of nitrogens with one attached hydrogen (secondary N) is 2. The molecule has 1 aliphatic heterocycles. The summed E-state index contributed by atoms with van der Waals surface area (Å²) in [5.74, 6) is 2.41. The first-order chi connectivity index (χ1) is 11.9. The van der Waals surface area contributed by atoms with Gasteiger partial charge in [-0.1, -0.05) is 29.8 Å². The van der Waals surface area contributed by atoms with Crippen LogP contribution in [0.2, 0.25) is 0 Å². The number of hydrogen-bond acceptors (Lipinski definition) is 2. The van der Waals surface area contributed by atoms with Crippen molar-refractivity contribution in [3.05, 3.63) is 41.5 Å². The van der Waals surface area contributed by atoms with Gasteiger partial charge in [-0.05, 0) is 50.2 Å². The van der Waals surface area contributed by atoms with Gasteiger partial charge in [-0.15, -0.1) is 24.0 Å². The molecule has 1 unspecified atom stereocenters. The second-order valence-electron chi connectivity index (χ2n) is 6.61. The van der Waals surface area contributed by atoms with Crippen molar-refractivity contribution in [2.24, 2.45) is 4.99 Å². The van der Waals surface area contributed by atoms with Crippen LogP contribution in [0.15, 0.2) is 40.9 Å². The van der Waals surface area contributed by atoms with Crippen LogP contribution in [-0.2, 0) is 0 Å². The smallest absolute Gasteiger partial charge is 0.191 e. The van der Waals surface area contributed by atoms with Crippen molar-refractivity contribution in [2.45, 2.75) is 44.4 Å². The van der Waals surface area contributed by atoms with E-state index in [4.69, 9.17) is 4.74 Å². The maximum Gasteiger partial charge on any atom is 0.191 e. The Morgan fingerprint density at radius 3 is 2.92 bits per heavy atom. The molecule has 138 valence electrons. The Bertz CT molecular complexity index is 600. The van der Waals surface area contributed by atoms with Gasteiger partial charge in [0.05, 0.1) is 6.61 Å². The van der Waals surface area contributed by atoms with Gasteiger partial charge in [0.2, 0.25) is 0 Å². The minimum atomic E-state index is 0. The zero-order chi connectivity index (χ0) is 16.6. The predicted octanol–water partition coefficient (Wildman–Crippen LogP) is 4.23. The summed E-state index contributed by atoms with van der Waals surface area (Å²) in [5, 5.41) is 6.93. The number of rotatable bonds is 5. The van der Waals surface area contributed by atoms with Gasteiger partial charge in [0, 0.05) is 26.1 Å². The topological polar surface area (TPSA) is 45.7 Å². The fraction of sp³-hybridized carbons (Fsp3) is 0.550. The van der Waals surface area contributed by atoms with Crippen molar-refractivity contribution in [3.63, 3.8) is 0 Å². The van der Waals surface area contributed by atoms with E-state index < -0.39 is 0 Å². The Labute approximate surface area is 168 Å². The number of nitrogens with zero attached hydrogens (tertiary/aromatic N) is 1. The number of allylic oxidation sites excluding steroid dienone is 1. The normalized spacial score (nSPS) is 19.8. The molecular formula is C20H30IN3O. The van der Waals surface area contributed by atoms with E-state index in [0.29, 0.717) is 5.92 Å². The van der Waals surface area contributed by atoms with Gasteiger partial charge >= 0.3 is 0 Å². The highest BCUT2D eigenvalue weighted by Crippen LogP contribution is 2.32. The van der Waals surface area contributed by atoms with Gasteiger partial charge < -0.3 is 15.4 Å². The summed E-state index contributed by atoms with van der Waals surface area (Å²) in [4.78, 5) is 4.35. The number of benzene rings is 1. The minimum Gasteiger partial charge on any atom is -0.493 e. The molecule has 25 heavy (non-hydrogen) atoms. The molecule has 1 heterocycles. The number of aliphatic imine (C=N–C) groups is 1. The van der Waals surface area contributed by atoms with E-state index in [9.17, 15) is 0 Å². The number of guanidine groups is 1. The largest absolute Gasteiger partial charge is 0.493 e. The summed E-state index contributed by atoms with van der Waals surface area (Å²) >= 11 is 0. The molecule has 1 aliphatic carbocycles. The molecule has 1 atom stereocenters. The quantitative estimate of drug-likeness (QED) is 0.303. The van der Waals surface area contributed by atoms with E-state index in [1.165, 1.54) is 31.2 Å². The summed E-state index contributed by atoms with van der Waals surface area (Å²) in [6.45, 7) is 2.64. The third-order valence-corrected chi connectivity index (χ3v) is 4.95. The maximum absolute atomic E-state index is 5.74. The van der Waals surface area contributed by atoms with Crippen LogP contribution >= 0.6 is 24.0 Å². The molecule has 0 saturated heterocycles. The Morgan fingerprint density at radius 1 is 1.24 bits per heavy atom. The lowest BCUT2D eigenvalue weighted by Gasteiger charge is -2.26. The number of para-hydroxylation sites is 1. The molecule has 1 aromatic carbocycles. The van der Waals surface area contributed by atoms with Crippen molar-refractivity contribution in [3.8, 4) is 5.75 Å². The van der Waals surface area contributed by atoms with Gasteiger partial charge in [-0.2, -0.15) is 0 Å². The first-order valence-electron chi connectivity index (χ1n) is 9.21. The van der Waals surface area contributed by atoms with E-state index in [0.717, 1.165) is 44.2 Å². The molecule has 5 heteroatoms. The lowest BCUT2D eigenvalue weighted by atomic mass is 9.93. The van der Waals surface area contributed by atoms with Gasteiger partial charge in [-0.3, -0.25) is 4.99 Å². The van der Waals surface area contributed by atoms with Crippen LogP contribution in [0.1, 0.15) is 50.0 Å². The molecule has 0 spiro atoms. The third-order valence-electron chi connectivity index (χ3n) is 4.95. The van der Waals surface area contributed by atoms with Gasteiger partial charge in [0.15, 0.2) is 5.96 Å². The highest BCUT2D eigenvalue weighted by Gasteiger charge is 2.21. The molecule has 3 rings (SSSR count). The van der Waals surface area contributed by atoms with Crippen LogP contribution in [-0.4, -0.2) is 32.7 Å². The van der Waals surface area contributed by atoms with E-state index in [1.54, 1.807) is 5.57 Å². The minimum absolute atomic E-state index is 0. The summed E-state index contributed by atoms with van der Waals surface area (Å²) in [7, 11) is 1.84. The standard InChI is InChI=1S/C20H29N3O.HI/c1-21-20(22-13-11-16-7-3-2-4-8-16)23-15-17-12-14-24-19-10-6-5-9-18(17)19;/h5-7,9-10,17H,2-4,8,11-15H2,1H3,(H2,21,22,23);1H. The molecule has 4 nitrogen and oxygen atoms in total. The third kappa shape index (κ3) is 5.90. The SMILES string of the molecule is CN=C(NCCC1=CCCCC1)NCC1CCOc2ccccc21.I. The van der Waals surface area contributed by atoms with Crippen molar-refractivity contribution in [1.29, 1.82) is 0 Å². The van der Waals surface area contributed by atoms with Crippen molar-refractivity contribution in [1.82, 2.24) is 10.6 Å². The summed E-state index contributed by atoms with van der Waals surface area (Å²) in [6.07, 6.45) is 9.82. The highest BCUT2D eigenvalue weighted by atomic mass is 127. The van der Waals surface area contributed by atoms with Crippen LogP contribution in [0.3, 0.4) is 0 Å². The van der Waals surface area contributed by atoms with Crippen LogP contribution in [0.4, 0.5) is 0 Å². The molecule has 0 aromatic heterocycles. The summed E-state index contributed by atoms with van der Waals surface area (Å²) in [6, 6.07) is 8.36. The van der Waals surface area contributed by atoms with E-state index in [1.807, 2.05) is 13.1 Å². The lowest BCUT2D eigenvalue weighted by Crippen LogP contribution is -2.40. The predicted molar refractivity (Wildman–Crippen MR) is 115 cm³/mol. The number of halogens is 1. The Balaban J connectivity index is 0.00000225. The van der Waals surface area contributed by atoms with Crippen molar-refractivity contribution in [2.75, 3.05) is 26.7 Å². The molecule has 2 aliphatic rings. The molecule has 0 saturated carbocycles. The first kappa shape index (κ1) is 20.1. The lowest BCUT2D eigenvalue weighted by molar-refractivity contribution is 0.267. The van der Waals surface area contributed by atoms with Crippen molar-refractivity contribution >= 4 is 29.9 Å². The Hall–Kier alpha value is -1.24. The molecule has 2 N–H and O–H groups in total. The highest BCUT2D eigenvalue weighted by molar-refractivity contribution is 14.0. The average Bonchev–Trinajstić information content (AvgIpc) is 2.65. The molecule has 0 fully saturated rings. The number of hydrogen-bond donors (Lipinski definition) is 2. The Morgan fingerprint density at radius 2 is 2.12 bits per heavy atom. The van der Waals surface area contributed by atoms with Gasteiger partial charge in [0.1, 0.15) is 5.75 Å². The van der Waals surface area contributed by atoms with Gasteiger partial charge in [0.25, 0.3) is 0 Å². The molecular weight excluding hydrogens is 425 g/mol. The second kappa shape index (κ2) is 10.7. The van der Waals surface area contributed by atoms with Crippen LogP contribution in [0, 0.1) is 0 Å². The average molecular weight is 455 g/mol. The molecule has 0 bridgehead atoms. The molecule has 1 aromatic rings.